The van der Waals surface area contributed by atoms with Gasteiger partial charge in [-0.1, -0.05) is 31.0 Å². The third-order valence-corrected chi connectivity index (χ3v) is 2.45. The third-order valence-electron chi connectivity index (χ3n) is 2.13. The van der Waals surface area contributed by atoms with Crippen LogP contribution in [0.3, 0.4) is 0 Å². The Morgan fingerprint density at radius 2 is 2.25 bits per heavy atom. The summed E-state index contributed by atoms with van der Waals surface area (Å²) >= 11 is 4.06. The van der Waals surface area contributed by atoms with Crippen molar-refractivity contribution in [1.29, 1.82) is 0 Å². The van der Waals surface area contributed by atoms with Crippen molar-refractivity contribution in [1.82, 2.24) is 4.31 Å². The molecule has 0 saturated heterocycles. The highest BCUT2D eigenvalue weighted by molar-refractivity contribution is 7.78. The van der Waals surface area contributed by atoms with Crippen molar-refractivity contribution in [3.63, 3.8) is 0 Å². The SMILES string of the molecule is Cc1cccc2c1C(=O)N(S)C2. The van der Waals surface area contributed by atoms with Crippen LogP contribution >= 0.6 is 12.8 Å². The number of nitrogens with zero attached hydrogens (tertiary/aromatic N) is 1. The van der Waals surface area contributed by atoms with Crippen LogP contribution in [0.5, 0.6) is 0 Å². The minimum atomic E-state index is 0.0198. The maximum Gasteiger partial charge on any atom is 0.264 e. The Bertz CT molecular complexity index is 348. The third kappa shape index (κ3) is 0.932. The zero-order valence-corrected chi connectivity index (χ0v) is 7.64. The molecule has 0 unspecified atom stereocenters. The van der Waals surface area contributed by atoms with Gasteiger partial charge in [-0.15, -0.1) is 0 Å². The van der Waals surface area contributed by atoms with E-state index in [0.29, 0.717) is 6.54 Å². The van der Waals surface area contributed by atoms with Crippen LogP contribution in [0.15, 0.2) is 18.2 Å². The van der Waals surface area contributed by atoms with E-state index in [1.165, 1.54) is 4.31 Å². The zero-order valence-electron chi connectivity index (χ0n) is 6.74. The summed E-state index contributed by atoms with van der Waals surface area (Å²) in [5, 5.41) is 0. The maximum atomic E-state index is 11.5. The van der Waals surface area contributed by atoms with E-state index >= 15 is 0 Å². The number of amides is 1. The molecule has 2 rings (SSSR count). The minimum absolute atomic E-state index is 0.0198. The molecule has 12 heavy (non-hydrogen) atoms. The highest BCUT2D eigenvalue weighted by Crippen LogP contribution is 2.26. The van der Waals surface area contributed by atoms with Gasteiger partial charge < -0.3 is 0 Å². The van der Waals surface area contributed by atoms with Crippen LogP contribution < -0.4 is 0 Å². The zero-order chi connectivity index (χ0) is 8.72. The molecule has 62 valence electrons. The molecule has 0 fully saturated rings. The molecule has 0 atom stereocenters. The van der Waals surface area contributed by atoms with Gasteiger partial charge in [-0.2, -0.15) is 0 Å². The summed E-state index contributed by atoms with van der Waals surface area (Å²) in [6.07, 6.45) is 0. The monoisotopic (exact) mass is 179 g/mol. The second-order valence-corrected chi connectivity index (χ2v) is 3.45. The summed E-state index contributed by atoms with van der Waals surface area (Å²) in [6, 6.07) is 5.88. The van der Waals surface area contributed by atoms with Gasteiger partial charge in [0.05, 0.1) is 6.54 Å². The lowest BCUT2D eigenvalue weighted by molar-refractivity contribution is 0.0891. The number of carbonyl (C=O) groups is 1. The quantitative estimate of drug-likeness (QED) is 0.602. The molecule has 1 aliphatic rings. The van der Waals surface area contributed by atoms with Gasteiger partial charge >= 0.3 is 0 Å². The molecule has 0 saturated carbocycles. The van der Waals surface area contributed by atoms with Gasteiger partial charge in [-0.25, -0.2) is 0 Å². The lowest BCUT2D eigenvalue weighted by atomic mass is 10.0. The van der Waals surface area contributed by atoms with E-state index in [-0.39, 0.29) is 5.91 Å². The number of carbonyl (C=O) groups excluding carboxylic acids is 1. The summed E-state index contributed by atoms with van der Waals surface area (Å²) in [5.41, 5.74) is 2.94. The lowest BCUT2D eigenvalue weighted by Crippen LogP contribution is -2.11. The predicted octanol–water partition coefficient (Wildman–Crippen LogP) is 1.80. The van der Waals surface area contributed by atoms with Crippen LogP contribution in [0.4, 0.5) is 0 Å². The van der Waals surface area contributed by atoms with E-state index in [9.17, 15) is 4.79 Å². The predicted molar refractivity (Wildman–Crippen MR) is 50.0 cm³/mol. The molecule has 1 aromatic rings. The van der Waals surface area contributed by atoms with Crippen molar-refractivity contribution < 1.29 is 4.79 Å². The van der Waals surface area contributed by atoms with Crippen LogP contribution in [0, 0.1) is 6.92 Å². The van der Waals surface area contributed by atoms with E-state index in [1.54, 1.807) is 0 Å². The van der Waals surface area contributed by atoms with Crippen LogP contribution in [0.1, 0.15) is 21.5 Å². The largest absolute Gasteiger partial charge is 0.281 e. The number of aryl methyl sites for hydroxylation is 1. The van der Waals surface area contributed by atoms with Gasteiger partial charge in [-0.05, 0) is 18.1 Å². The molecule has 0 spiro atoms. The highest BCUT2D eigenvalue weighted by Gasteiger charge is 2.26. The van der Waals surface area contributed by atoms with Crippen LogP contribution in [-0.4, -0.2) is 10.2 Å². The van der Waals surface area contributed by atoms with Gasteiger partial charge in [0.2, 0.25) is 0 Å². The molecule has 0 bridgehead atoms. The topological polar surface area (TPSA) is 20.3 Å². The number of rotatable bonds is 0. The number of thiol groups is 1. The first-order valence-electron chi connectivity index (χ1n) is 3.79. The molecule has 3 heteroatoms. The fourth-order valence-electron chi connectivity index (χ4n) is 1.53. The number of hydrogen-bond acceptors (Lipinski definition) is 2. The summed E-state index contributed by atoms with van der Waals surface area (Å²) in [4.78, 5) is 11.5. The van der Waals surface area contributed by atoms with Crippen molar-refractivity contribution in [3.8, 4) is 0 Å². The average molecular weight is 179 g/mol. The molecule has 1 aliphatic heterocycles. The summed E-state index contributed by atoms with van der Waals surface area (Å²) < 4.78 is 1.44. The smallest absolute Gasteiger partial charge is 0.264 e. The van der Waals surface area contributed by atoms with Crippen molar-refractivity contribution in [2.75, 3.05) is 0 Å². The second kappa shape index (κ2) is 2.52. The van der Waals surface area contributed by atoms with Crippen LogP contribution in [-0.2, 0) is 6.54 Å². The standard InChI is InChI=1S/C9H9NOS/c1-6-3-2-4-7-5-10(12)9(11)8(6)7/h2-4,12H,5H2,1H3. The van der Waals surface area contributed by atoms with Gasteiger partial charge in [0.25, 0.3) is 5.91 Å². The van der Waals surface area contributed by atoms with Crippen LogP contribution in [0.25, 0.3) is 0 Å². The van der Waals surface area contributed by atoms with Crippen molar-refractivity contribution >= 4 is 18.7 Å². The van der Waals surface area contributed by atoms with E-state index in [1.807, 2.05) is 25.1 Å². The Morgan fingerprint density at radius 3 is 2.92 bits per heavy atom. The Labute approximate surface area is 76.7 Å². The van der Waals surface area contributed by atoms with Crippen molar-refractivity contribution in [2.24, 2.45) is 0 Å². The molecule has 0 N–H and O–H groups in total. The van der Waals surface area contributed by atoms with E-state index in [2.05, 4.69) is 12.8 Å². The van der Waals surface area contributed by atoms with Crippen molar-refractivity contribution in [3.05, 3.63) is 34.9 Å². The fraction of sp³-hybridized carbons (Fsp3) is 0.222. The molecule has 0 radical (unpaired) electrons. The van der Waals surface area contributed by atoms with E-state index < -0.39 is 0 Å². The first kappa shape index (κ1) is 7.68. The number of fused-ring (bicyclic) bond motifs is 1. The van der Waals surface area contributed by atoms with E-state index in [4.69, 9.17) is 0 Å². The fourth-order valence-corrected chi connectivity index (χ4v) is 1.78. The summed E-state index contributed by atoms with van der Waals surface area (Å²) in [6.45, 7) is 2.57. The number of benzene rings is 1. The number of hydrogen-bond donors (Lipinski definition) is 1. The molecule has 0 aromatic heterocycles. The first-order chi connectivity index (χ1) is 5.70. The Morgan fingerprint density at radius 1 is 1.50 bits per heavy atom. The van der Waals surface area contributed by atoms with Gasteiger partial charge in [0.1, 0.15) is 0 Å². The summed E-state index contributed by atoms with van der Waals surface area (Å²) in [5.74, 6) is 0.0198. The summed E-state index contributed by atoms with van der Waals surface area (Å²) in [7, 11) is 0. The molecule has 0 aliphatic carbocycles. The molecule has 1 heterocycles. The normalized spacial score (nSPS) is 15.2. The Kier molecular flexibility index (Phi) is 1.61. The molecule has 1 amide bonds. The molecular weight excluding hydrogens is 170 g/mol. The van der Waals surface area contributed by atoms with Gasteiger partial charge in [0.15, 0.2) is 0 Å². The highest BCUT2D eigenvalue weighted by atomic mass is 32.1. The Balaban J connectivity index is 2.62. The average Bonchev–Trinajstić information content (AvgIpc) is 2.29. The lowest BCUT2D eigenvalue weighted by Gasteiger charge is -2.03. The molecule has 1 aromatic carbocycles. The molecule has 2 nitrogen and oxygen atoms in total. The molecular formula is C9H9NOS. The first-order valence-corrected chi connectivity index (χ1v) is 4.19. The minimum Gasteiger partial charge on any atom is -0.281 e. The van der Waals surface area contributed by atoms with Gasteiger partial charge in [0, 0.05) is 5.56 Å². The van der Waals surface area contributed by atoms with E-state index in [0.717, 1.165) is 16.7 Å². The van der Waals surface area contributed by atoms with Crippen molar-refractivity contribution in [2.45, 2.75) is 13.5 Å². The Hall–Kier alpha value is -0.960. The maximum absolute atomic E-state index is 11.5. The second-order valence-electron chi connectivity index (χ2n) is 2.97. The van der Waals surface area contributed by atoms with Crippen LogP contribution in [0.2, 0.25) is 0 Å². The van der Waals surface area contributed by atoms with Gasteiger partial charge in [-0.3, -0.25) is 9.10 Å².